The van der Waals surface area contributed by atoms with Gasteiger partial charge in [0.15, 0.2) is 0 Å². The lowest BCUT2D eigenvalue weighted by molar-refractivity contribution is -0.116. The Bertz CT molecular complexity index is 4910. The van der Waals surface area contributed by atoms with E-state index in [1.807, 2.05) is 291 Å². The van der Waals surface area contributed by atoms with Gasteiger partial charge in [0.2, 0.25) is 23.6 Å². The highest BCUT2D eigenvalue weighted by molar-refractivity contribution is 7.80. The molecule has 0 aromatic heterocycles. The van der Waals surface area contributed by atoms with Crippen LogP contribution in [0.3, 0.4) is 0 Å². The standard InChI is InChI=1S/C108H120N4O12P4/c1-5-9-37-61-121-105-81-69-83-75-90(110-102(114)58-66-126(118,95-45-25-15-26-46-95)96-47-27-16-28-48-96)77-85(106(83)122-62-38-10-6-2)71-87-79-92(112-104(116)60-68-128(120,99-53-33-19-34-54-99)100-55-35-20-36-56-100)80-88(108(87)124-64-40-12-8-4)72-86-78-91(111-103(115)59-67-127(119,97-49-29-17-30-50-97)98-51-31-18-32-52-98)76-84(107(86)123-63-39-11-7-3)70-82(105)74-89(73-81)109-101(113)57-65-125(117,93-41-21-13-22-42-93)94-43-23-14-24-44-94/h13-36,41-56,73-80H,5-12,37-40,57-72H2,1-4H3,(H,109,113)(H,110,114)(H,111,115)(H,112,116). The summed E-state index contributed by atoms with van der Waals surface area (Å²) in [6, 6.07) is 90.2. The van der Waals surface area contributed by atoms with E-state index in [1.165, 1.54) is 0 Å². The van der Waals surface area contributed by atoms with E-state index in [0.29, 0.717) is 185 Å². The molecule has 0 aliphatic heterocycles. The smallest absolute Gasteiger partial charge is 0.224 e. The molecule has 12 aromatic carbocycles. The highest BCUT2D eigenvalue weighted by Gasteiger charge is 2.35. The molecule has 16 nitrogen and oxygen atoms in total. The first kappa shape index (κ1) is 94.3. The fourth-order valence-corrected chi connectivity index (χ4v) is 27.5. The normalized spacial score (nSPS) is 12.2. The third-order valence-electron chi connectivity index (χ3n) is 23.6. The number of fused-ring (bicyclic) bond motifs is 8. The van der Waals surface area contributed by atoms with Gasteiger partial charge in [-0.15, -0.1) is 0 Å². The quantitative estimate of drug-likeness (QED) is 0.0207. The molecule has 0 spiro atoms. The largest absolute Gasteiger partial charge is 0.493 e. The summed E-state index contributed by atoms with van der Waals surface area (Å²) in [5.41, 5.74) is 7.01. The lowest BCUT2D eigenvalue weighted by Crippen LogP contribution is -2.22. The van der Waals surface area contributed by atoms with Crippen LogP contribution in [0.5, 0.6) is 23.0 Å². The molecular weight excluding hydrogens is 1670 g/mol. The molecule has 664 valence electrons. The van der Waals surface area contributed by atoms with Crippen molar-refractivity contribution in [2.24, 2.45) is 0 Å². The van der Waals surface area contributed by atoms with Crippen LogP contribution in [0, 0.1) is 0 Å². The number of amides is 4. The Morgan fingerprint density at radius 2 is 0.383 bits per heavy atom. The second-order valence-electron chi connectivity index (χ2n) is 33.2. The zero-order chi connectivity index (χ0) is 89.6. The predicted molar refractivity (Wildman–Crippen MR) is 529 cm³/mol. The number of carbonyl (C=O) groups is 4. The highest BCUT2D eigenvalue weighted by atomic mass is 31.2. The van der Waals surface area contributed by atoms with E-state index < -0.39 is 28.6 Å². The Kier molecular flexibility index (Phi) is 34.3. The van der Waals surface area contributed by atoms with Crippen molar-refractivity contribution in [3.63, 3.8) is 0 Å². The maximum absolute atomic E-state index is 15.7. The fourth-order valence-electron chi connectivity index (χ4n) is 16.9. The molecule has 8 bridgehead atoms. The highest BCUT2D eigenvalue weighted by Crippen LogP contribution is 2.50. The first-order valence-corrected chi connectivity index (χ1v) is 53.1. The average Bonchev–Trinajstić information content (AvgIpc) is 0.759. The molecule has 1 aliphatic carbocycles. The molecule has 20 heteroatoms. The first-order valence-electron chi connectivity index (χ1n) is 45.5. The molecule has 0 unspecified atom stereocenters. The van der Waals surface area contributed by atoms with Crippen molar-refractivity contribution < 1.29 is 56.4 Å². The number of ether oxygens (including phenoxy) is 4. The number of rotatable bonds is 44. The molecule has 128 heavy (non-hydrogen) atoms. The number of hydrogen-bond acceptors (Lipinski definition) is 12. The van der Waals surface area contributed by atoms with E-state index in [0.717, 1.165) is 51.4 Å². The molecule has 1 aliphatic rings. The Labute approximate surface area is 756 Å². The van der Waals surface area contributed by atoms with E-state index in [4.69, 9.17) is 18.9 Å². The van der Waals surface area contributed by atoms with Gasteiger partial charge in [-0.1, -0.05) is 322 Å². The molecular formula is C108H120N4O12P4. The van der Waals surface area contributed by atoms with E-state index in [-0.39, 0.29) is 99.6 Å². The summed E-state index contributed by atoms with van der Waals surface area (Å²) in [4.78, 5) is 61.2. The fraction of sp³-hybridized carbons (Fsp3) is 0.296. The monoisotopic (exact) mass is 1790 g/mol. The van der Waals surface area contributed by atoms with Crippen molar-refractivity contribution in [3.05, 3.63) is 336 Å². The summed E-state index contributed by atoms with van der Waals surface area (Å²) in [6.45, 7) is 9.83. The minimum atomic E-state index is -3.39. The predicted octanol–water partition coefficient (Wildman–Crippen LogP) is 22.0. The van der Waals surface area contributed by atoms with Crippen molar-refractivity contribution in [3.8, 4) is 23.0 Å². The molecule has 0 saturated carbocycles. The van der Waals surface area contributed by atoms with Crippen molar-refractivity contribution in [2.75, 3.05) is 72.3 Å². The molecule has 0 fully saturated rings. The molecule has 12 aromatic rings. The minimum absolute atomic E-state index is 0.0332. The topological polar surface area (TPSA) is 222 Å². The van der Waals surface area contributed by atoms with E-state index in [2.05, 4.69) is 49.0 Å². The third kappa shape index (κ3) is 24.7. The zero-order valence-corrected chi connectivity index (χ0v) is 77.8. The first-order chi connectivity index (χ1) is 62.4. The van der Waals surface area contributed by atoms with Crippen molar-refractivity contribution >= 4 is 117 Å². The van der Waals surface area contributed by atoms with Gasteiger partial charge in [0.25, 0.3) is 0 Å². The van der Waals surface area contributed by atoms with Gasteiger partial charge < -0.3 is 58.5 Å². The van der Waals surface area contributed by atoms with Gasteiger partial charge in [-0.2, -0.15) is 0 Å². The number of unbranched alkanes of at least 4 members (excludes halogenated alkanes) is 8. The molecule has 0 radical (unpaired) electrons. The number of nitrogens with one attached hydrogen (secondary N) is 4. The Hall–Kier alpha value is -11.4. The van der Waals surface area contributed by atoms with E-state index >= 15 is 37.4 Å². The van der Waals surface area contributed by atoms with Crippen LogP contribution in [0.25, 0.3) is 0 Å². The summed E-state index contributed by atoms with van der Waals surface area (Å²) in [5.74, 6) is 0.669. The molecule has 0 atom stereocenters. The summed E-state index contributed by atoms with van der Waals surface area (Å²) in [5, 5.41) is 18.4. The lowest BCUT2D eigenvalue weighted by Gasteiger charge is -2.25. The Balaban J connectivity index is 1.02. The summed E-state index contributed by atoms with van der Waals surface area (Å²) in [7, 11) is -13.5. The summed E-state index contributed by atoms with van der Waals surface area (Å²) >= 11 is 0. The van der Waals surface area contributed by atoms with Crippen LogP contribution >= 0.6 is 28.6 Å². The van der Waals surface area contributed by atoms with Crippen molar-refractivity contribution in [1.82, 2.24) is 0 Å². The second-order valence-corrected chi connectivity index (χ2v) is 45.0. The Morgan fingerprint density at radius 1 is 0.234 bits per heavy atom. The lowest BCUT2D eigenvalue weighted by atomic mass is 9.90. The van der Waals surface area contributed by atoms with Crippen molar-refractivity contribution in [1.29, 1.82) is 0 Å². The molecule has 4 amide bonds. The number of carbonyl (C=O) groups excluding carboxylic acids is 4. The van der Waals surface area contributed by atoms with Gasteiger partial charge >= 0.3 is 0 Å². The van der Waals surface area contributed by atoms with Crippen molar-refractivity contribution in [2.45, 2.75) is 156 Å². The van der Waals surface area contributed by atoms with Crippen LogP contribution in [-0.4, -0.2) is 74.7 Å². The maximum atomic E-state index is 15.7. The number of hydrogen-bond donors (Lipinski definition) is 4. The average molecular weight is 1790 g/mol. The zero-order valence-electron chi connectivity index (χ0n) is 74.2. The van der Waals surface area contributed by atoms with E-state index in [1.54, 1.807) is 0 Å². The number of benzene rings is 12. The van der Waals surface area contributed by atoms with Crippen LogP contribution in [0.2, 0.25) is 0 Å². The maximum Gasteiger partial charge on any atom is 0.224 e. The van der Waals surface area contributed by atoms with Crippen LogP contribution < -0.4 is 82.7 Å². The Morgan fingerprint density at radius 3 is 0.523 bits per heavy atom. The van der Waals surface area contributed by atoms with Crippen LogP contribution in [-0.2, 0) is 63.1 Å². The van der Waals surface area contributed by atoms with Crippen LogP contribution in [0.1, 0.15) is 175 Å². The third-order valence-corrected chi connectivity index (χ3v) is 36.1. The number of anilines is 4. The minimum Gasteiger partial charge on any atom is -0.493 e. The van der Waals surface area contributed by atoms with Gasteiger partial charge in [-0.05, 0) is 74.2 Å². The van der Waals surface area contributed by atoms with Gasteiger partial charge in [-0.3, -0.25) is 19.2 Å². The van der Waals surface area contributed by atoms with Gasteiger partial charge in [0, 0.05) is 186 Å². The van der Waals surface area contributed by atoms with Gasteiger partial charge in [-0.25, -0.2) is 0 Å². The van der Waals surface area contributed by atoms with Crippen LogP contribution in [0.4, 0.5) is 22.7 Å². The van der Waals surface area contributed by atoms with E-state index in [9.17, 15) is 0 Å². The summed E-state index contributed by atoms with van der Waals surface area (Å²) < 4.78 is 92.0. The molecule has 0 heterocycles. The SMILES string of the molecule is CCCCCOc1c2cc(NC(=O)CCP(=O)(c3ccccc3)c3ccccc3)cc1Cc1cc(NC(=O)CCP(=O)(c3ccccc3)c3ccccc3)cc(c1OCCCCC)Cc1cc(NC(=O)CCP(=O)(c3ccccc3)c3ccccc3)cc(c1OCCCCC)Cc1cc(NC(=O)CCP(=O)(c3ccccc3)c3ccccc3)cc(c1OCCCCC)C2. The van der Waals surface area contributed by atoms with Gasteiger partial charge in [0.05, 0.1) is 26.4 Å². The molecule has 13 rings (SSSR count). The second kappa shape index (κ2) is 46.6. The molecule has 4 N–H and O–H groups in total. The molecule has 0 saturated heterocycles. The van der Waals surface area contributed by atoms with Crippen LogP contribution in [0.15, 0.2) is 291 Å². The summed E-state index contributed by atoms with van der Waals surface area (Å²) in [6.07, 6.45) is 10.1. The van der Waals surface area contributed by atoms with Gasteiger partial charge in [0.1, 0.15) is 51.6 Å².